The zero-order valence-electron chi connectivity index (χ0n) is 12.5. The Morgan fingerprint density at radius 3 is 2.62 bits per heavy atom. The van der Waals surface area contributed by atoms with Gasteiger partial charge in [-0.25, -0.2) is 0 Å². The summed E-state index contributed by atoms with van der Waals surface area (Å²) < 4.78 is 0. The summed E-state index contributed by atoms with van der Waals surface area (Å²) in [4.78, 5) is 23.5. The van der Waals surface area contributed by atoms with E-state index in [0.717, 1.165) is 18.4 Å². The molecule has 0 heterocycles. The Morgan fingerprint density at radius 2 is 2.05 bits per heavy atom. The fourth-order valence-electron chi connectivity index (χ4n) is 3.09. The molecule has 0 aliphatic heterocycles. The standard InChI is InChI=1S/C17H21NO3/c1-10(2)12-4-3-11-5-6-14(13(11)9-12)18-15(19)17(7-8-17)16(20)21/h3-4,9-10,14H,5-8H2,1-2H3,(H,18,19)(H,20,21). The Balaban J connectivity index is 1.80. The molecular weight excluding hydrogens is 266 g/mol. The molecule has 3 rings (SSSR count). The van der Waals surface area contributed by atoms with Crippen LogP contribution in [0.1, 0.15) is 61.8 Å². The summed E-state index contributed by atoms with van der Waals surface area (Å²) >= 11 is 0. The number of hydrogen-bond acceptors (Lipinski definition) is 2. The van der Waals surface area contributed by atoms with Crippen molar-refractivity contribution in [3.8, 4) is 0 Å². The van der Waals surface area contributed by atoms with E-state index in [1.54, 1.807) is 0 Å². The van der Waals surface area contributed by atoms with Crippen LogP contribution in [0.5, 0.6) is 0 Å². The van der Waals surface area contributed by atoms with Gasteiger partial charge in [-0.15, -0.1) is 0 Å². The molecule has 0 radical (unpaired) electrons. The van der Waals surface area contributed by atoms with Crippen LogP contribution < -0.4 is 5.32 Å². The van der Waals surface area contributed by atoms with Gasteiger partial charge >= 0.3 is 5.97 Å². The molecule has 0 spiro atoms. The fourth-order valence-corrected chi connectivity index (χ4v) is 3.09. The second-order valence-electron chi connectivity index (χ2n) is 6.56. The summed E-state index contributed by atoms with van der Waals surface area (Å²) in [5.74, 6) is -0.863. The van der Waals surface area contributed by atoms with E-state index in [-0.39, 0.29) is 11.9 Å². The highest BCUT2D eigenvalue weighted by molar-refractivity contribution is 6.05. The lowest BCUT2D eigenvalue weighted by Crippen LogP contribution is -2.38. The summed E-state index contributed by atoms with van der Waals surface area (Å²) in [5, 5.41) is 12.2. The van der Waals surface area contributed by atoms with Crippen LogP contribution in [-0.2, 0) is 16.0 Å². The molecule has 0 aromatic heterocycles. The first-order valence-corrected chi connectivity index (χ1v) is 7.61. The van der Waals surface area contributed by atoms with E-state index in [1.807, 2.05) is 0 Å². The minimum atomic E-state index is -1.15. The van der Waals surface area contributed by atoms with Gasteiger partial charge in [0.05, 0.1) is 6.04 Å². The van der Waals surface area contributed by atoms with E-state index in [0.29, 0.717) is 18.8 Å². The van der Waals surface area contributed by atoms with Gasteiger partial charge in [-0.1, -0.05) is 32.0 Å². The van der Waals surface area contributed by atoms with Crippen LogP contribution in [0.15, 0.2) is 18.2 Å². The number of carboxylic acids is 1. The van der Waals surface area contributed by atoms with Crippen molar-refractivity contribution in [3.63, 3.8) is 0 Å². The maximum absolute atomic E-state index is 12.3. The van der Waals surface area contributed by atoms with E-state index in [4.69, 9.17) is 0 Å². The summed E-state index contributed by atoms with van der Waals surface area (Å²) in [5.41, 5.74) is 2.54. The summed E-state index contributed by atoms with van der Waals surface area (Å²) in [6.45, 7) is 4.29. The molecule has 0 bridgehead atoms. The third-order valence-electron chi connectivity index (χ3n) is 4.81. The van der Waals surface area contributed by atoms with Crippen molar-refractivity contribution in [2.75, 3.05) is 0 Å². The summed E-state index contributed by atoms with van der Waals surface area (Å²) in [6.07, 6.45) is 2.72. The Morgan fingerprint density at radius 1 is 1.33 bits per heavy atom. The van der Waals surface area contributed by atoms with Crippen molar-refractivity contribution in [1.82, 2.24) is 5.32 Å². The number of carboxylic acid groups (broad SMARTS) is 1. The van der Waals surface area contributed by atoms with Crippen LogP contribution in [0, 0.1) is 5.41 Å². The van der Waals surface area contributed by atoms with Crippen molar-refractivity contribution in [2.45, 2.75) is 51.5 Å². The number of amides is 1. The van der Waals surface area contributed by atoms with Gasteiger partial charge in [0.15, 0.2) is 0 Å². The van der Waals surface area contributed by atoms with Crippen LogP contribution in [-0.4, -0.2) is 17.0 Å². The maximum Gasteiger partial charge on any atom is 0.319 e. The number of rotatable bonds is 4. The fraction of sp³-hybridized carbons (Fsp3) is 0.529. The van der Waals surface area contributed by atoms with Gasteiger partial charge in [0.1, 0.15) is 5.41 Å². The summed E-state index contributed by atoms with van der Waals surface area (Å²) in [7, 11) is 0. The SMILES string of the molecule is CC(C)c1ccc2c(c1)C(NC(=O)C1(C(=O)O)CC1)CC2. The van der Waals surface area contributed by atoms with Gasteiger partial charge < -0.3 is 10.4 Å². The van der Waals surface area contributed by atoms with Crippen molar-refractivity contribution < 1.29 is 14.7 Å². The number of carbonyl (C=O) groups excluding carboxylic acids is 1. The van der Waals surface area contributed by atoms with E-state index < -0.39 is 11.4 Å². The number of aryl methyl sites for hydroxylation is 1. The monoisotopic (exact) mass is 287 g/mol. The Hall–Kier alpha value is -1.84. The second-order valence-corrected chi connectivity index (χ2v) is 6.56. The number of fused-ring (bicyclic) bond motifs is 1. The van der Waals surface area contributed by atoms with Gasteiger partial charge in [-0.2, -0.15) is 0 Å². The molecule has 1 aromatic rings. The summed E-state index contributed by atoms with van der Waals surface area (Å²) in [6, 6.07) is 6.41. The molecule has 0 saturated heterocycles. The molecule has 1 aromatic carbocycles. The second kappa shape index (κ2) is 4.86. The van der Waals surface area contributed by atoms with Gasteiger partial charge in [-0.3, -0.25) is 9.59 Å². The van der Waals surface area contributed by atoms with Crippen LogP contribution in [0.3, 0.4) is 0 Å². The van der Waals surface area contributed by atoms with Crippen LogP contribution >= 0.6 is 0 Å². The largest absolute Gasteiger partial charge is 0.480 e. The molecule has 2 aliphatic rings. The van der Waals surface area contributed by atoms with Gasteiger partial charge in [0.25, 0.3) is 0 Å². The van der Waals surface area contributed by atoms with E-state index in [9.17, 15) is 14.7 Å². The number of nitrogens with one attached hydrogen (secondary N) is 1. The van der Waals surface area contributed by atoms with Crippen LogP contribution in [0.25, 0.3) is 0 Å². The minimum Gasteiger partial charge on any atom is -0.480 e. The Kier molecular flexibility index (Phi) is 3.27. The first-order chi connectivity index (χ1) is 9.94. The molecular formula is C17H21NO3. The highest BCUT2D eigenvalue weighted by Crippen LogP contribution is 2.47. The molecule has 4 nitrogen and oxygen atoms in total. The lowest BCUT2D eigenvalue weighted by molar-refractivity contribution is -0.149. The number of benzene rings is 1. The van der Waals surface area contributed by atoms with Crippen LogP contribution in [0.4, 0.5) is 0 Å². The molecule has 1 fully saturated rings. The predicted octanol–water partition coefficient (Wildman–Crippen LogP) is 2.78. The highest BCUT2D eigenvalue weighted by atomic mass is 16.4. The molecule has 1 amide bonds. The Bertz CT molecular complexity index is 602. The van der Waals surface area contributed by atoms with Gasteiger partial charge in [0.2, 0.25) is 5.91 Å². The average molecular weight is 287 g/mol. The topological polar surface area (TPSA) is 66.4 Å². The first-order valence-electron chi connectivity index (χ1n) is 7.61. The zero-order valence-corrected chi connectivity index (χ0v) is 12.5. The number of aliphatic carboxylic acids is 1. The number of carbonyl (C=O) groups is 2. The van der Waals surface area contributed by atoms with E-state index >= 15 is 0 Å². The van der Waals surface area contributed by atoms with Gasteiger partial charge in [-0.05, 0) is 48.3 Å². The molecule has 1 unspecified atom stereocenters. The Labute approximate surface area is 124 Å². The van der Waals surface area contributed by atoms with Gasteiger partial charge in [0, 0.05) is 0 Å². The molecule has 21 heavy (non-hydrogen) atoms. The third kappa shape index (κ3) is 2.33. The lowest BCUT2D eigenvalue weighted by Gasteiger charge is -2.18. The molecule has 2 aliphatic carbocycles. The van der Waals surface area contributed by atoms with Crippen molar-refractivity contribution in [1.29, 1.82) is 0 Å². The van der Waals surface area contributed by atoms with Crippen molar-refractivity contribution in [3.05, 3.63) is 34.9 Å². The quantitative estimate of drug-likeness (QED) is 0.837. The molecule has 112 valence electrons. The predicted molar refractivity (Wildman–Crippen MR) is 79.0 cm³/mol. The first kappa shape index (κ1) is 14.1. The maximum atomic E-state index is 12.3. The zero-order chi connectivity index (χ0) is 15.2. The smallest absolute Gasteiger partial charge is 0.319 e. The normalized spacial score (nSPS) is 22.0. The number of hydrogen-bond donors (Lipinski definition) is 2. The molecule has 1 saturated carbocycles. The van der Waals surface area contributed by atoms with E-state index in [1.165, 1.54) is 11.1 Å². The van der Waals surface area contributed by atoms with E-state index in [2.05, 4.69) is 37.4 Å². The molecule has 1 atom stereocenters. The minimum absolute atomic E-state index is 0.0389. The van der Waals surface area contributed by atoms with Crippen molar-refractivity contribution >= 4 is 11.9 Å². The molecule has 2 N–H and O–H groups in total. The lowest BCUT2D eigenvalue weighted by atomic mass is 9.97. The van der Waals surface area contributed by atoms with Crippen LogP contribution in [0.2, 0.25) is 0 Å². The third-order valence-corrected chi connectivity index (χ3v) is 4.81. The average Bonchev–Trinajstić information content (AvgIpc) is 3.17. The van der Waals surface area contributed by atoms with Crippen molar-refractivity contribution in [2.24, 2.45) is 5.41 Å². The molecule has 4 heteroatoms. The highest BCUT2D eigenvalue weighted by Gasteiger charge is 2.57.